The number of rotatable bonds is 10. The zero-order valence-electron chi connectivity index (χ0n) is 22.3. The molecule has 1 atom stereocenters. The number of carbonyl (C=O) groups excluding carboxylic acids is 2. The number of hydrogen-bond acceptors (Lipinski definition) is 4. The maximum Gasteiger partial charge on any atom is 0.242 e. The van der Waals surface area contributed by atoms with Crippen LogP contribution in [0.4, 0.5) is 5.69 Å². The summed E-state index contributed by atoms with van der Waals surface area (Å²) in [5, 5.41) is 3.48. The van der Waals surface area contributed by atoms with E-state index in [1.807, 2.05) is 52.8 Å². The zero-order valence-corrected chi connectivity index (χ0v) is 23.8. The first kappa shape index (κ1) is 29.6. The lowest BCUT2D eigenvalue weighted by atomic mass is 10.1. The van der Waals surface area contributed by atoms with Crippen molar-refractivity contribution in [2.24, 2.45) is 0 Å². The van der Waals surface area contributed by atoms with Crippen LogP contribution in [0.3, 0.4) is 0 Å². The lowest BCUT2D eigenvalue weighted by Crippen LogP contribution is -2.52. The van der Waals surface area contributed by atoms with E-state index in [1.54, 1.807) is 31.2 Å². The predicted octanol–water partition coefficient (Wildman–Crippen LogP) is 4.84. The summed E-state index contributed by atoms with van der Waals surface area (Å²) in [6, 6.07) is 11.9. The number of amides is 2. The second-order valence-corrected chi connectivity index (χ2v) is 12.6. The highest BCUT2D eigenvalue weighted by molar-refractivity contribution is 7.92. The number of halogens is 1. The first-order valence-corrected chi connectivity index (χ1v) is 14.2. The number of sulfonamides is 1. The van der Waals surface area contributed by atoms with Gasteiger partial charge in [-0.2, -0.15) is 0 Å². The van der Waals surface area contributed by atoms with Gasteiger partial charge in [-0.15, -0.1) is 0 Å². The molecule has 0 aliphatic heterocycles. The maximum atomic E-state index is 13.4. The summed E-state index contributed by atoms with van der Waals surface area (Å²) in [4.78, 5) is 27.8. The van der Waals surface area contributed by atoms with Crippen LogP contribution >= 0.6 is 11.6 Å². The molecule has 0 heterocycles. The van der Waals surface area contributed by atoms with Gasteiger partial charge in [-0.05, 0) is 88.9 Å². The van der Waals surface area contributed by atoms with E-state index < -0.39 is 21.6 Å². The minimum absolute atomic E-state index is 0.0879. The summed E-state index contributed by atoms with van der Waals surface area (Å²) in [6.07, 6.45) is 1.55. The molecule has 0 saturated carbocycles. The van der Waals surface area contributed by atoms with Gasteiger partial charge in [0.15, 0.2) is 0 Å². The topological polar surface area (TPSA) is 86.8 Å². The molecule has 1 unspecified atom stereocenters. The van der Waals surface area contributed by atoms with Gasteiger partial charge in [0.25, 0.3) is 0 Å². The number of aryl methyl sites for hydroxylation is 2. The van der Waals surface area contributed by atoms with Crippen LogP contribution in [0, 0.1) is 13.8 Å². The SMILES string of the molecule is Cc1ccc(N(CCCC(=O)N(Cc2cccc(Cl)c2)C(C)C(=O)NC(C)(C)C)S(C)(=O)=O)cc1C. The molecule has 7 nitrogen and oxygen atoms in total. The van der Waals surface area contributed by atoms with Gasteiger partial charge in [0.2, 0.25) is 21.8 Å². The van der Waals surface area contributed by atoms with Crippen molar-refractivity contribution in [1.29, 1.82) is 0 Å². The first-order chi connectivity index (χ1) is 16.6. The lowest BCUT2D eigenvalue weighted by Gasteiger charge is -2.32. The first-order valence-electron chi connectivity index (χ1n) is 12.0. The molecule has 1 N–H and O–H groups in total. The second kappa shape index (κ2) is 12.1. The molecular formula is C27H38ClN3O4S. The number of nitrogens with zero attached hydrogens (tertiary/aromatic N) is 2. The van der Waals surface area contributed by atoms with Crippen LogP contribution < -0.4 is 9.62 Å². The highest BCUT2D eigenvalue weighted by atomic mass is 35.5. The van der Waals surface area contributed by atoms with E-state index >= 15 is 0 Å². The Morgan fingerprint density at radius 1 is 1.06 bits per heavy atom. The van der Waals surface area contributed by atoms with Gasteiger partial charge < -0.3 is 10.2 Å². The fourth-order valence-corrected chi connectivity index (χ4v) is 4.94. The largest absolute Gasteiger partial charge is 0.350 e. The molecule has 0 aliphatic carbocycles. The molecule has 2 aromatic rings. The maximum absolute atomic E-state index is 13.4. The summed E-state index contributed by atoms with van der Waals surface area (Å²) < 4.78 is 26.3. The van der Waals surface area contributed by atoms with Crippen molar-refractivity contribution in [3.63, 3.8) is 0 Å². The molecule has 9 heteroatoms. The van der Waals surface area contributed by atoms with E-state index in [-0.39, 0.29) is 31.3 Å². The van der Waals surface area contributed by atoms with Crippen LogP contribution in [-0.2, 0) is 26.2 Å². The summed E-state index contributed by atoms with van der Waals surface area (Å²) in [7, 11) is -3.54. The molecule has 0 fully saturated rings. The molecule has 0 bridgehead atoms. The number of carbonyl (C=O) groups is 2. The van der Waals surface area contributed by atoms with E-state index in [0.29, 0.717) is 17.1 Å². The van der Waals surface area contributed by atoms with Gasteiger partial charge in [-0.3, -0.25) is 13.9 Å². The normalized spacial score (nSPS) is 12.7. The van der Waals surface area contributed by atoms with Crippen LogP contribution in [0.15, 0.2) is 42.5 Å². The van der Waals surface area contributed by atoms with Crippen LogP contribution in [-0.4, -0.2) is 49.5 Å². The fourth-order valence-electron chi connectivity index (χ4n) is 3.77. The molecule has 0 aliphatic rings. The molecule has 0 saturated heterocycles. The summed E-state index contributed by atoms with van der Waals surface area (Å²) in [5.41, 5.74) is 2.99. The monoisotopic (exact) mass is 535 g/mol. The van der Waals surface area contributed by atoms with Gasteiger partial charge in [-0.25, -0.2) is 8.42 Å². The molecule has 0 radical (unpaired) electrons. The van der Waals surface area contributed by atoms with E-state index in [4.69, 9.17) is 11.6 Å². The van der Waals surface area contributed by atoms with Crippen molar-refractivity contribution in [1.82, 2.24) is 10.2 Å². The Balaban J connectivity index is 2.21. The Morgan fingerprint density at radius 2 is 1.72 bits per heavy atom. The van der Waals surface area contributed by atoms with Crippen LogP contribution in [0.2, 0.25) is 5.02 Å². The minimum Gasteiger partial charge on any atom is -0.350 e. The van der Waals surface area contributed by atoms with Gasteiger partial charge in [0, 0.05) is 30.1 Å². The Morgan fingerprint density at radius 3 is 2.28 bits per heavy atom. The molecule has 36 heavy (non-hydrogen) atoms. The van der Waals surface area contributed by atoms with E-state index in [1.165, 1.54) is 9.21 Å². The standard InChI is InChI=1S/C27H38ClN3O4S/c1-19-13-14-24(16-20(19)2)31(36(7,34)35)15-9-12-25(32)30(18-22-10-8-11-23(28)17-22)21(3)26(33)29-27(4,5)6/h8,10-11,13-14,16-17,21H,9,12,15,18H2,1-7H3,(H,29,33). The smallest absolute Gasteiger partial charge is 0.242 e. The molecule has 2 amide bonds. The molecule has 0 spiro atoms. The van der Waals surface area contributed by atoms with Gasteiger partial charge in [-0.1, -0.05) is 29.8 Å². The average molecular weight is 536 g/mol. The van der Waals surface area contributed by atoms with Crippen molar-refractivity contribution in [3.8, 4) is 0 Å². The van der Waals surface area contributed by atoms with E-state index in [0.717, 1.165) is 22.9 Å². The molecule has 198 valence electrons. The summed E-state index contributed by atoms with van der Waals surface area (Å²) in [5.74, 6) is -0.495. The number of benzene rings is 2. The third-order valence-corrected chi connectivity index (χ3v) is 7.27. The van der Waals surface area contributed by atoms with Crippen molar-refractivity contribution >= 4 is 39.1 Å². The highest BCUT2D eigenvalue weighted by Crippen LogP contribution is 2.22. The van der Waals surface area contributed by atoms with Crippen molar-refractivity contribution in [3.05, 3.63) is 64.2 Å². The Bertz CT molecular complexity index is 1190. The highest BCUT2D eigenvalue weighted by Gasteiger charge is 2.28. The van der Waals surface area contributed by atoms with Crippen molar-refractivity contribution in [2.45, 2.75) is 72.5 Å². The Labute approximate surface area is 220 Å². The van der Waals surface area contributed by atoms with E-state index in [9.17, 15) is 18.0 Å². The van der Waals surface area contributed by atoms with Crippen molar-refractivity contribution in [2.75, 3.05) is 17.1 Å². The predicted molar refractivity (Wildman–Crippen MR) is 147 cm³/mol. The van der Waals surface area contributed by atoms with Crippen LogP contribution in [0.25, 0.3) is 0 Å². The Kier molecular flexibility index (Phi) is 9.97. The van der Waals surface area contributed by atoms with Gasteiger partial charge in [0.05, 0.1) is 11.9 Å². The number of anilines is 1. The van der Waals surface area contributed by atoms with Crippen LogP contribution in [0.5, 0.6) is 0 Å². The quantitative estimate of drug-likeness (QED) is 0.472. The third kappa shape index (κ3) is 8.82. The number of nitrogens with one attached hydrogen (secondary N) is 1. The van der Waals surface area contributed by atoms with E-state index in [2.05, 4.69) is 5.32 Å². The molecular weight excluding hydrogens is 498 g/mol. The lowest BCUT2D eigenvalue weighted by molar-refractivity contribution is -0.141. The fraction of sp³-hybridized carbons (Fsp3) is 0.481. The summed E-state index contributed by atoms with van der Waals surface area (Å²) >= 11 is 6.13. The van der Waals surface area contributed by atoms with Gasteiger partial charge >= 0.3 is 0 Å². The van der Waals surface area contributed by atoms with Crippen molar-refractivity contribution < 1.29 is 18.0 Å². The number of hydrogen-bond donors (Lipinski definition) is 1. The molecule has 0 aromatic heterocycles. The Hall–Kier alpha value is -2.58. The molecule has 2 rings (SSSR count). The third-order valence-electron chi connectivity index (χ3n) is 5.84. The zero-order chi connectivity index (χ0) is 27.3. The molecule has 2 aromatic carbocycles. The average Bonchev–Trinajstić information content (AvgIpc) is 2.74. The summed E-state index contributed by atoms with van der Waals surface area (Å²) in [6.45, 7) is 11.6. The minimum atomic E-state index is -3.54. The van der Waals surface area contributed by atoms with Gasteiger partial charge in [0.1, 0.15) is 6.04 Å². The van der Waals surface area contributed by atoms with Crippen LogP contribution in [0.1, 0.15) is 57.2 Å². The second-order valence-electron chi connectivity index (χ2n) is 10.3.